The molecule has 3 rings (SSSR count). The summed E-state index contributed by atoms with van der Waals surface area (Å²) in [4.78, 5) is 4.45. The zero-order chi connectivity index (χ0) is 13.9. The van der Waals surface area contributed by atoms with Gasteiger partial charge in [0.2, 0.25) is 0 Å². The molecule has 0 radical (unpaired) electrons. The molecule has 1 N–H and O–H groups in total. The van der Waals surface area contributed by atoms with Crippen LogP contribution in [0.2, 0.25) is 0 Å². The van der Waals surface area contributed by atoms with Crippen molar-refractivity contribution in [3.05, 3.63) is 65.5 Å². The zero-order valence-corrected chi connectivity index (χ0v) is 12.2. The lowest BCUT2D eigenvalue weighted by Gasteiger charge is -2.18. The normalized spacial score (nSPS) is 22.5. The lowest BCUT2D eigenvalue weighted by atomic mass is 10.00. The molecular weight excluding hydrogens is 244 g/mol. The van der Waals surface area contributed by atoms with Gasteiger partial charge < -0.3 is 5.32 Å². The molecular formula is C18H22N2. The zero-order valence-electron chi connectivity index (χ0n) is 12.2. The molecule has 1 aliphatic rings. The molecule has 0 bridgehead atoms. The number of hydrogen-bond acceptors (Lipinski definition) is 2. The second kappa shape index (κ2) is 5.76. The van der Waals surface area contributed by atoms with E-state index in [0.29, 0.717) is 17.9 Å². The molecule has 3 atom stereocenters. The molecule has 0 amide bonds. The van der Waals surface area contributed by atoms with Crippen molar-refractivity contribution in [3.8, 4) is 0 Å². The number of rotatable bonds is 5. The van der Waals surface area contributed by atoms with E-state index in [1.165, 1.54) is 17.5 Å². The molecule has 1 saturated carbocycles. The predicted octanol–water partition coefficient (Wildman–Crippen LogP) is 3.84. The average molecular weight is 266 g/mol. The van der Waals surface area contributed by atoms with Crippen molar-refractivity contribution in [2.75, 3.05) is 6.54 Å². The van der Waals surface area contributed by atoms with E-state index in [4.69, 9.17) is 0 Å². The Bertz CT molecular complexity index is 547. The van der Waals surface area contributed by atoms with Gasteiger partial charge in [-0.05, 0) is 48.9 Å². The largest absolute Gasteiger partial charge is 0.310 e. The van der Waals surface area contributed by atoms with Gasteiger partial charge in [0.15, 0.2) is 0 Å². The van der Waals surface area contributed by atoms with Gasteiger partial charge in [0.1, 0.15) is 0 Å². The van der Waals surface area contributed by atoms with Crippen LogP contribution in [0.15, 0.2) is 48.7 Å². The summed E-state index contributed by atoms with van der Waals surface area (Å²) in [6, 6.07) is 15.6. The Kier molecular flexibility index (Phi) is 3.83. The Morgan fingerprint density at radius 1 is 1.20 bits per heavy atom. The molecule has 0 spiro atoms. The topological polar surface area (TPSA) is 24.9 Å². The summed E-state index contributed by atoms with van der Waals surface area (Å²) in [5, 5.41) is 3.64. The molecule has 1 aromatic heterocycles. The van der Waals surface area contributed by atoms with Crippen molar-refractivity contribution in [3.63, 3.8) is 0 Å². The van der Waals surface area contributed by atoms with Gasteiger partial charge in [0.05, 0.1) is 0 Å². The minimum absolute atomic E-state index is 0.429. The monoisotopic (exact) mass is 266 g/mol. The summed E-state index contributed by atoms with van der Waals surface area (Å²) < 4.78 is 0. The molecule has 20 heavy (non-hydrogen) atoms. The minimum Gasteiger partial charge on any atom is -0.310 e. The van der Waals surface area contributed by atoms with Crippen LogP contribution in [0.4, 0.5) is 0 Å². The maximum Gasteiger partial charge on any atom is 0.0372 e. The van der Waals surface area contributed by atoms with Gasteiger partial charge in [-0.25, -0.2) is 0 Å². The van der Waals surface area contributed by atoms with Crippen molar-refractivity contribution < 1.29 is 0 Å². The molecule has 0 aliphatic heterocycles. The van der Waals surface area contributed by atoms with Gasteiger partial charge in [-0.15, -0.1) is 0 Å². The standard InChI is InChI=1S/C18H22N2/c1-3-19-18(15-10-9-13(2)20-12-15)17-11-16(17)14-7-5-4-6-8-14/h4-10,12,16-19H,3,11H2,1-2H3. The van der Waals surface area contributed by atoms with E-state index < -0.39 is 0 Å². The highest BCUT2D eigenvalue weighted by molar-refractivity contribution is 5.30. The van der Waals surface area contributed by atoms with Crippen molar-refractivity contribution in [1.82, 2.24) is 10.3 Å². The Morgan fingerprint density at radius 3 is 2.65 bits per heavy atom. The molecule has 2 aromatic rings. The summed E-state index contributed by atoms with van der Waals surface area (Å²) in [5.74, 6) is 1.39. The number of hydrogen-bond donors (Lipinski definition) is 1. The lowest BCUT2D eigenvalue weighted by molar-refractivity contribution is 0.485. The molecule has 1 aliphatic carbocycles. The van der Waals surface area contributed by atoms with E-state index in [0.717, 1.165) is 12.2 Å². The van der Waals surface area contributed by atoms with Gasteiger partial charge in [0.25, 0.3) is 0 Å². The summed E-state index contributed by atoms with van der Waals surface area (Å²) in [5.41, 5.74) is 3.88. The van der Waals surface area contributed by atoms with E-state index in [9.17, 15) is 0 Å². The molecule has 1 aromatic carbocycles. The number of benzene rings is 1. The second-order valence-corrected chi connectivity index (χ2v) is 5.68. The van der Waals surface area contributed by atoms with Crippen LogP contribution in [-0.2, 0) is 0 Å². The Hall–Kier alpha value is -1.67. The van der Waals surface area contributed by atoms with Crippen LogP contribution in [0, 0.1) is 12.8 Å². The van der Waals surface area contributed by atoms with E-state index in [1.807, 2.05) is 13.1 Å². The molecule has 0 saturated heterocycles. The van der Waals surface area contributed by atoms with Gasteiger partial charge in [0, 0.05) is 17.9 Å². The molecule has 1 heterocycles. The van der Waals surface area contributed by atoms with E-state index in [-0.39, 0.29) is 0 Å². The fourth-order valence-electron chi connectivity index (χ4n) is 3.07. The second-order valence-electron chi connectivity index (χ2n) is 5.68. The third-order valence-corrected chi connectivity index (χ3v) is 4.21. The highest BCUT2D eigenvalue weighted by atomic mass is 14.9. The Labute approximate surface area is 121 Å². The first-order chi connectivity index (χ1) is 9.79. The number of nitrogens with one attached hydrogen (secondary N) is 1. The summed E-state index contributed by atoms with van der Waals surface area (Å²) >= 11 is 0. The summed E-state index contributed by atoms with van der Waals surface area (Å²) in [7, 11) is 0. The van der Waals surface area contributed by atoms with Crippen molar-refractivity contribution in [1.29, 1.82) is 0 Å². The molecule has 1 fully saturated rings. The molecule has 3 unspecified atom stereocenters. The van der Waals surface area contributed by atoms with Gasteiger partial charge in [-0.2, -0.15) is 0 Å². The van der Waals surface area contributed by atoms with Crippen molar-refractivity contribution in [2.24, 2.45) is 5.92 Å². The maximum absolute atomic E-state index is 4.45. The van der Waals surface area contributed by atoms with Gasteiger partial charge in [-0.1, -0.05) is 43.3 Å². The number of nitrogens with zero attached hydrogens (tertiary/aromatic N) is 1. The lowest BCUT2D eigenvalue weighted by Crippen LogP contribution is -2.23. The van der Waals surface area contributed by atoms with Crippen LogP contribution in [-0.4, -0.2) is 11.5 Å². The van der Waals surface area contributed by atoms with Crippen LogP contribution >= 0.6 is 0 Å². The molecule has 2 heteroatoms. The first-order valence-electron chi connectivity index (χ1n) is 7.50. The molecule has 2 nitrogen and oxygen atoms in total. The predicted molar refractivity (Wildman–Crippen MR) is 82.7 cm³/mol. The smallest absolute Gasteiger partial charge is 0.0372 e. The van der Waals surface area contributed by atoms with Gasteiger partial charge >= 0.3 is 0 Å². The van der Waals surface area contributed by atoms with Crippen LogP contribution < -0.4 is 5.32 Å². The van der Waals surface area contributed by atoms with Crippen LogP contribution in [0.3, 0.4) is 0 Å². The Balaban J connectivity index is 1.78. The number of pyridine rings is 1. The van der Waals surface area contributed by atoms with Crippen LogP contribution in [0.25, 0.3) is 0 Å². The summed E-state index contributed by atoms with van der Waals surface area (Å²) in [6.07, 6.45) is 3.30. The van der Waals surface area contributed by atoms with Gasteiger partial charge in [-0.3, -0.25) is 4.98 Å². The first-order valence-corrected chi connectivity index (χ1v) is 7.50. The average Bonchev–Trinajstić information content (AvgIpc) is 3.27. The first kappa shape index (κ1) is 13.3. The van der Waals surface area contributed by atoms with E-state index in [1.54, 1.807) is 0 Å². The molecule has 104 valence electrons. The summed E-state index contributed by atoms with van der Waals surface area (Å²) in [6.45, 7) is 5.21. The number of aromatic nitrogens is 1. The number of aryl methyl sites for hydroxylation is 1. The SMILES string of the molecule is CCNC(c1ccc(C)nc1)C1CC1c1ccccc1. The maximum atomic E-state index is 4.45. The highest BCUT2D eigenvalue weighted by Crippen LogP contribution is 2.53. The third kappa shape index (κ3) is 2.75. The van der Waals surface area contributed by atoms with Crippen LogP contribution in [0.5, 0.6) is 0 Å². The van der Waals surface area contributed by atoms with E-state index in [2.05, 4.69) is 59.7 Å². The van der Waals surface area contributed by atoms with Crippen molar-refractivity contribution in [2.45, 2.75) is 32.2 Å². The van der Waals surface area contributed by atoms with Crippen molar-refractivity contribution >= 4 is 0 Å². The quantitative estimate of drug-likeness (QED) is 0.889. The minimum atomic E-state index is 0.429. The van der Waals surface area contributed by atoms with E-state index >= 15 is 0 Å². The fourth-order valence-corrected chi connectivity index (χ4v) is 3.07. The Morgan fingerprint density at radius 2 is 2.00 bits per heavy atom. The van der Waals surface area contributed by atoms with Crippen LogP contribution in [0.1, 0.15) is 42.1 Å². The fraction of sp³-hybridized carbons (Fsp3) is 0.389. The highest BCUT2D eigenvalue weighted by Gasteiger charge is 2.44. The third-order valence-electron chi connectivity index (χ3n) is 4.21.